The third-order valence-corrected chi connectivity index (χ3v) is 3.62. The number of hydrogen-bond donors (Lipinski definition) is 1. The number of carbonyl (C=O) groups excluding carboxylic acids is 1. The third-order valence-electron chi connectivity index (χ3n) is 3.62. The molecular weight excluding hydrogens is 266 g/mol. The Labute approximate surface area is 125 Å². The van der Waals surface area contributed by atoms with Crippen LogP contribution < -0.4 is 0 Å². The van der Waals surface area contributed by atoms with Crippen LogP contribution in [-0.2, 0) is 11.3 Å². The van der Waals surface area contributed by atoms with Crippen LogP contribution in [0.4, 0.5) is 0 Å². The molecule has 1 heterocycles. The molecular formula is C16H23N3O2. The van der Waals surface area contributed by atoms with Gasteiger partial charge in [0, 0.05) is 13.6 Å². The van der Waals surface area contributed by atoms with Crippen LogP contribution in [0, 0.1) is 0 Å². The van der Waals surface area contributed by atoms with E-state index in [0.29, 0.717) is 5.82 Å². The normalized spacial score (nSPS) is 12.6. The summed E-state index contributed by atoms with van der Waals surface area (Å²) in [4.78, 5) is 18.5. The van der Waals surface area contributed by atoms with Gasteiger partial charge in [-0.15, -0.1) is 0 Å². The third kappa shape index (κ3) is 3.42. The Morgan fingerprint density at radius 3 is 2.81 bits per heavy atom. The summed E-state index contributed by atoms with van der Waals surface area (Å²) < 4.78 is 1.81. The second-order valence-corrected chi connectivity index (χ2v) is 5.39. The number of aliphatic hydroxyl groups is 1. The Balaban J connectivity index is 2.28. The molecule has 21 heavy (non-hydrogen) atoms. The number of aromatic nitrogens is 2. The predicted molar refractivity (Wildman–Crippen MR) is 82.9 cm³/mol. The summed E-state index contributed by atoms with van der Waals surface area (Å²) in [6, 6.07) is 7.63. The van der Waals surface area contributed by atoms with E-state index in [4.69, 9.17) is 0 Å². The molecule has 114 valence electrons. The monoisotopic (exact) mass is 289 g/mol. The maximum atomic E-state index is 12.3. The van der Waals surface area contributed by atoms with Gasteiger partial charge in [-0.05, 0) is 25.5 Å². The van der Waals surface area contributed by atoms with Gasteiger partial charge in [0.15, 0.2) is 0 Å². The zero-order chi connectivity index (χ0) is 15.4. The quantitative estimate of drug-likeness (QED) is 0.888. The number of rotatable bonds is 6. The largest absolute Gasteiger partial charge is 0.385 e. The summed E-state index contributed by atoms with van der Waals surface area (Å²) in [5, 5.41) is 9.89. The van der Waals surface area contributed by atoms with Crippen LogP contribution in [0.3, 0.4) is 0 Å². The Bertz CT molecular complexity index is 619. The molecule has 1 aromatic carbocycles. The van der Waals surface area contributed by atoms with Gasteiger partial charge in [0.1, 0.15) is 18.5 Å². The first kappa shape index (κ1) is 15.5. The van der Waals surface area contributed by atoms with Crippen LogP contribution in [0.15, 0.2) is 24.3 Å². The van der Waals surface area contributed by atoms with Crippen molar-refractivity contribution in [2.75, 3.05) is 13.6 Å². The van der Waals surface area contributed by atoms with Crippen molar-refractivity contribution < 1.29 is 9.90 Å². The minimum Gasteiger partial charge on any atom is -0.385 e. The van der Waals surface area contributed by atoms with E-state index < -0.39 is 6.10 Å². The zero-order valence-electron chi connectivity index (χ0n) is 12.9. The summed E-state index contributed by atoms with van der Waals surface area (Å²) in [6.45, 7) is 4.74. The molecule has 0 aliphatic carbocycles. The Morgan fingerprint density at radius 1 is 1.43 bits per heavy atom. The number of aliphatic hydroxyl groups excluding tert-OH is 1. The van der Waals surface area contributed by atoms with Crippen molar-refractivity contribution in [2.24, 2.45) is 0 Å². The zero-order valence-corrected chi connectivity index (χ0v) is 12.9. The first-order chi connectivity index (χ1) is 10.0. The molecule has 0 aliphatic heterocycles. The highest BCUT2D eigenvalue weighted by Gasteiger charge is 2.18. The van der Waals surface area contributed by atoms with Gasteiger partial charge in [0.25, 0.3) is 0 Å². The predicted octanol–water partition coefficient (Wildman–Crippen LogP) is 2.35. The Hall–Kier alpha value is -1.88. The van der Waals surface area contributed by atoms with Crippen molar-refractivity contribution >= 4 is 16.9 Å². The number of amides is 1. The fourth-order valence-electron chi connectivity index (χ4n) is 2.36. The van der Waals surface area contributed by atoms with E-state index in [2.05, 4.69) is 11.9 Å². The van der Waals surface area contributed by atoms with Crippen LogP contribution in [0.1, 0.15) is 38.6 Å². The van der Waals surface area contributed by atoms with E-state index >= 15 is 0 Å². The number of carbonyl (C=O) groups is 1. The molecule has 0 spiro atoms. The highest BCUT2D eigenvalue weighted by molar-refractivity contribution is 5.81. The van der Waals surface area contributed by atoms with Gasteiger partial charge >= 0.3 is 0 Å². The number of benzene rings is 1. The maximum Gasteiger partial charge on any atom is 0.242 e. The summed E-state index contributed by atoms with van der Waals surface area (Å²) in [5.74, 6) is 0.571. The smallest absolute Gasteiger partial charge is 0.242 e. The molecule has 1 amide bonds. The van der Waals surface area contributed by atoms with E-state index in [9.17, 15) is 9.90 Å². The number of fused-ring (bicyclic) bond motifs is 1. The summed E-state index contributed by atoms with van der Waals surface area (Å²) in [7, 11) is 1.82. The maximum absolute atomic E-state index is 12.3. The van der Waals surface area contributed by atoms with E-state index in [1.807, 2.05) is 35.9 Å². The van der Waals surface area contributed by atoms with Crippen molar-refractivity contribution in [1.29, 1.82) is 0 Å². The number of para-hydroxylation sites is 2. The number of hydrogen-bond acceptors (Lipinski definition) is 3. The molecule has 0 bridgehead atoms. The molecule has 0 saturated carbocycles. The summed E-state index contributed by atoms with van der Waals surface area (Å²) in [6.07, 6.45) is 1.35. The molecule has 1 aromatic heterocycles. The lowest BCUT2D eigenvalue weighted by Gasteiger charge is -2.18. The molecule has 1 atom stereocenters. The Morgan fingerprint density at radius 2 is 2.14 bits per heavy atom. The van der Waals surface area contributed by atoms with Crippen LogP contribution >= 0.6 is 0 Å². The standard InChI is InChI=1S/C16H23N3O2/c1-4-5-10-18(3)15(21)11-19-14-9-7-6-8-13(14)17-16(19)12(2)20/h6-9,12,20H,4-5,10-11H2,1-3H3. The van der Waals surface area contributed by atoms with Gasteiger partial charge in [-0.1, -0.05) is 25.5 Å². The molecule has 2 rings (SSSR count). The number of imidazole rings is 1. The fourth-order valence-corrected chi connectivity index (χ4v) is 2.36. The van der Waals surface area contributed by atoms with Gasteiger partial charge in [0.05, 0.1) is 11.0 Å². The molecule has 1 unspecified atom stereocenters. The molecule has 0 aliphatic rings. The lowest BCUT2D eigenvalue weighted by molar-refractivity contribution is -0.130. The number of nitrogens with zero attached hydrogens (tertiary/aromatic N) is 3. The van der Waals surface area contributed by atoms with E-state index in [1.54, 1.807) is 11.8 Å². The minimum atomic E-state index is -0.703. The number of unbranched alkanes of at least 4 members (excludes halogenated alkanes) is 1. The van der Waals surface area contributed by atoms with E-state index in [1.165, 1.54) is 0 Å². The van der Waals surface area contributed by atoms with Gasteiger partial charge < -0.3 is 14.6 Å². The minimum absolute atomic E-state index is 0.0357. The number of likely N-dealkylation sites (N-methyl/N-ethyl adjacent to an activating group) is 1. The van der Waals surface area contributed by atoms with Gasteiger partial charge in [-0.2, -0.15) is 0 Å². The molecule has 0 saturated heterocycles. The van der Waals surface area contributed by atoms with Crippen LogP contribution in [-0.4, -0.2) is 39.1 Å². The lowest BCUT2D eigenvalue weighted by Crippen LogP contribution is -2.31. The average molecular weight is 289 g/mol. The van der Waals surface area contributed by atoms with Gasteiger partial charge in [-0.25, -0.2) is 4.98 Å². The second kappa shape index (κ2) is 6.72. The molecule has 5 nitrogen and oxygen atoms in total. The van der Waals surface area contributed by atoms with Crippen molar-refractivity contribution in [3.63, 3.8) is 0 Å². The summed E-state index contributed by atoms with van der Waals surface area (Å²) >= 11 is 0. The van der Waals surface area contributed by atoms with Gasteiger partial charge in [-0.3, -0.25) is 4.79 Å². The van der Waals surface area contributed by atoms with Crippen molar-refractivity contribution in [1.82, 2.24) is 14.5 Å². The topological polar surface area (TPSA) is 58.4 Å². The Kier molecular flexibility index (Phi) is 4.96. The molecule has 5 heteroatoms. The molecule has 0 fully saturated rings. The van der Waals surface area contributed by atoms with Crippen molar-refractivity contribution in [3.8, 4) is 0 Å². The van der Waals surface area contributed by atoms with Crippen LogP contribution in [0.5, 0.6) is 0 Å². The van der Waals surface area contributed by atoms with E-state index in [-0.39, 0.29) is 12.5 Å². The second-order valence-electron chi connectivity index (χ2n) is 5.39. The molecule has 1 N–H and O–H groups in total. The average Bonchev–Trinajstić information content (AvgIpc) is 2.84. The highest BCUT2D eigenvalue weighted by atomic mass is 16.3. The summed E-state index contributed by atoms with van der Waals surface area (Å²) in [5.41, 5.74) is 1.68. The SMILES string of the molecule is CCCCN(C)C(=O)Cn1c(C(C)O)nc2ccccc21. The fraction of sp³-hybridized carbons (Fsp3) is 0.500. The molecule has 2 aromatic rings. The van der Waals surface area contributed by atoms with E-state index in [0.717, 1.165) is 30.4 Å². The van der Waals surface area contributed by atoms with Crippen LogP contribution in [0.25, 0.3) is 11.0 Å². The first-order valence-corrected chi connectivity index (χ1v) is 7.41. The van der Waals surface area contributed by atoms with Gasteiger partial charge in [0.2, 0.25) is 5.91 Å². The lowest BCUT2D eigenvalue weighted by atomic mass is 10.3. The van der Waals surface area contributed by atoms with Crippen molar-refractivity contribution in [3.05, 3.63) is 30.1 Å². The highest BCUT2D eigenvalue weighted by Crippen LogP contribution is 2.20. The molecule has 0 radical (unpaired) electrons. The first-order valence-electron chi connectivity index (χ1n) is 7.41. The van der Waals surface area contributed by atoms with Crippen LogP contribution in [0.2, 0.25) is 0 Å². The van der Waals surface area contributed by atoms with Crippen molar-refractivity contribution in [2.45, 2.75) is 39.3 Å².